The lowest BCUT2D eigenvalue weighted by atomic mass is 10.2. The molecule has 0 aromatic carbocycles. The fourth-order valence-electron chi connectivity index (χ4n) is 1.64. The second kappa shape index (κ2) is 7.89. The zero-order chi connectivity index (χ0) is 16.0. The summed E-state index contributed by atoms with van der Waals surface area (Å²) in [5.41, 5.74) is 5.63. The van der Waals surface area contributed by atoms with Crippen LogP contribution in [0.3, 0.4) is 0 Å². The number of urea groups is 1. The number of aryl methyl sites for hydroxylation is 1. The van der Waals surface area contributed by atoms with Gasteiger partial charge in [-0.25, -0.2) is 9.59 Å². The summed E-state index contributed by atoms with van der Waals surface area (Å²) in [5, 5.41) is 14.4. The third kappa shape index (κ3) is 5.27. The number of anilines is 1. The predicted octanol–water partition coefficient (Wildman–Crippen LogP) is 1.48. The molecular weight excluding hydrogens is 314 g/mol. The molecule has 0 radical (unpaired) electrons. The van der Waals surface area contributed by atoms with E-state index in [2.05, 4.69) is 10.6 Å². The summed E-state index contributed by atoms with van der Waals surface area (Å²) in [6, 6.07) is 0.0672. The molecule has 1 rings (SSSR count). The van der Waals surface area contributed by atoms with Gasteiger partial charge in [-0.05, 0) is 37.0 Å². The number of rotatable bonds is 7. The molecule has 0 saturated heterocycles. The number of carboxylic acids is 1. The lowest BCUT2D eigenvalue weighted by Crippen LogP contribution is -2.46. The maximum Gasteiger partial charge on any atom is 0.346 e. The number of carboxylic acid groups (broad SMARTS) is 1. The molecule has 0 saturated carbocycles. The lowest BCUT2D eigenvalue weighted by Gasteiger charge is -2.16. The van der Waals surface area contributed by atoms with Gasteiger partial charge in [0, 0.05) is 0 Å². The van der Waals surface area contributed by atoms with Gasteiger partial charge in [0.15, 0.2) is 0 Å². The van der Waals surface area contributed by atoms with E-state index in [-0.39, 0.29) is 4.88 Å². The quantitative estimate of drug-likeness (QED) is 0.603. The van der Waals surface area contributed by atoms with Gasteiger partial charge in [-0.3, -0.25) is 4.79 Å². The van der Waals surface area contributed by atoms with E-state index >= 15 is 0 Å². The molecule has 7 nitrogen and oxygen atoms in total. The third-order valence-electron chi connectivity index (χ3n) is 2.60. The van der Waals surface area contributed by atoms with Crippen LogP contribution in [0.15, 0.2) is 6.07 Å². The maximum absolute atomic E-state index is 12.1. The first-order valence-electron chi connectivity index (χ1n) is 6.04. The minimum atomic E-state index is -1.04. The molecule has 0 spiro atoms. The number of hydrogen-bond acceptors (Lipinski definition) is 5. The Hall–Kier alpha value is -1.74. The second-order valence-electron chi connectivity index (χ2n) is 4.26. The number of thioether (sulfide) groups is 1. The standard InChI is InChI=1S/C12H17N3O4S2/c1-6-5-8(21-9(6)11(17)18)15-10(16)7(3-4-20-2)14-12(13)19/h5,7H,3-4H2,1-2H3,(H,15,16)(H,17,18)(H3,13,14,19). The zero-order valence-electron chi connectivity index (χ0n) is 11.6. The zero-order valence-corrected chi connectivity index (χ0v) is 13.3. The van der Waals surface area contributed by atoms with E-state index in [1.165, 1.54) is 0 Å². The number of aromatic carboxylic acids is 1. The Kier molecular flexibility index (Phi) is 6.50. The largest absolute Gasteiger partial charge is 0.477 e. The Bertz CT molecular complexity index is 545. The Balaban J connectivity index is 2.78. The van der Waals surface area contributed by atoms with Gasteiger partial charge in [-0.1, -0.05) is 0 Å². The SMILES string of the molecule is CSCCC(NC(N)=O)C(=O)Nc1cc(C)c(C(=O)O)s1. The summed E-state index contributed by atoms with van der Waals surface area (Å²) >= 11 is 2.52. The van der Waals surface area contributed by atoms with Crippen molar-refractivity contribution in [3.8, 4) is 0 Å². The van der Waals surface area contributed by atoms with Crippen molar-refractivity contribution in [2.45, 2.75) is 19.4 Å². The molecular formula is C12H17N3O4S2. The van der Waals surface area contributed by atoms with E-state index in [0.29, 0.717) is 22.7 Å². The van der Waals surface area contributed by atoms with E-state index in [4.69, 9.17) is 10.8 Å². The van der Waals surface area contributed by atoms with Crippen LogP contribution in [0.25, 0.3) is 0 Å². The normalized spacial score (nSPS) is 11.7. The van der Waals surface area contributed by atoms with Crippen molar-refractivity contribution >= 4 is 46.0 Å². The van der Waals surface area contributed by atoms with Crippen LogP contribution in [0.2, 0.25) is 0 Å². The molecule has 116 valence electrons. The smallest absolute Gasteiger partial charge is 0.346 e. The molecule has 0 aliphatic heterocycles. The van der Waals surface area contributed by atoms with Crippen molar-refractivity contribution in [2.75, 3.05) is 17.3 Å². The number of carbonyl (C=O) groups excluding carboxylic acids is 2. The Labute approximate surface area is 130 Å². The second-order valence-corrected chi connectivity index (χ2v) is 6.30. The Morgan fingerprint density at radius 2 is 2.14 bits per heavy atom. The van der Waals surface area contributed by atoms with Gasteiger partial charge in [-0.2, -0.15) is 11.8 Å². The molecule has 1 aromatic heterocycles. The molecule has 0 aliphatic rings. The number of nitrogens with one attached hydrogen (secondary N) is 2. The topological polar surface area (TPSA) is 122 Å². The number of carbonyl (C=O) groups is 3. The highest BCUT2D eigenvalue weighted by Crippen LogP contribution is 2.26. The third-order valence-corrected chi connectivity index (χ3v) is 4.39. The molecule has 5 N–H and O–H groups in total. The van der Waals surface area contributed by atoms with Crippen LogP contribution in [0, 0.1) is 6.92 Å². The molecule has 1 atom stereocenters. The van der Waals surface area contributed by atoms with Crippen LogP contribution < -0.4 is 16.4 Å². The number of hydrogen-bond donors (Lipinski definition) is 4. The molecule has 1 unspecified atom stereocenters. The average Bonchev–Trinajstić information content (AvgIpc) is 2.75. The number of nitrogens with two attached hydrogens (primary N) is 1. The van der Waals surface area contributed by atoms with Crippen molar-refractivity contribution in [3.63, 3.8) is 0 Å². The van der Waals surface area contributed by atoms with E-state index in [1.807, 2.05) is 6.26 Å². The highest BCUT2D eigenvalue weighted by Gasteiger charge is 2.21. The number of amides is 3. The van der Waals surface area contributed by atoms with Gasteiger partial charge < -0.3 is 21.5 Å². The maximum atomic E-state index is 12.1. The van der Waals surface area contributed by atoms with Gasteiger partial charge in [0.2, 0.25) is 5.91 Å². The monoisotopic (exact) mass is 331 g/mol. The van der Waals surface area contributed by atoms with Gasteiger partial charge >= 0.3 is 12.0 Å². The van der Waals surface area contributed by atoms with Gasteiger partial charge in [-0.15, -0.1) is 11.3 Å². The van der Waals surface area contributed by atoms with Crippen LogP contribution in [0.4, 0.5) is 9.80 Å². The van der Waals surface area contributed by atoms with E-state index < -0.39 is 23.9 Å². The molecule has 0 aliphatic carbocycles. The number of thiophene rings is 1. The molecule has 3 amide bonds. The molecule has 0 bridgehead atoms. The van der Waals surface area contributed by atoms with Crippen molar-refractivity contribution in [1.82, 2.24) is 5.32 Å². The van der Waals surface area contributed by atoms with Crippen LogP contribution in [0.1, 0.15) is 21.7 Å². The van der Waals surface area contributed by atoms with Gasteiger partial charge in [0.05, 0.1) is 5.00 Å². The highest BCUT2D eigenvalue weighted by molar-refractivity contribution is 7.98. The van der Waals surface area contributed by atoms with E-state index in [9.17, 15) is 14.4 Å². The van der Waals surface area contributed by atoms with Crippen LogP contribution in [0.5, 0.6) is 0 Å². The molecule has 1 aromatic rings. The molecule has 21 heavy (non-hydrogen) atoms. The van der Waals surface area contributed by atoms with Crippen molar-refractivity contribution in [2.24, 2.45) is 5.73 Å². The predicted molar refractivity (Wildman–Crippen MR) is 84.2 cm³/mol. The van der Waals surface area contributed by atoms with Crippen molar-refractivity contribution in [1.29, 1.82) is 0 Å². The summed E-state index contributed by atoms with van der Waals surface area (Å²) in [4.78, 5) is 34.2. The Morgan fingerprint density at radius 1 is 1.48 bits per heavy atom. The number of primary amides is 1. The lowest BCUT2D eigenvalue weighted by molar-refractivity contribution is -0.117. The first-order chi connectivity index (χ1) is 9.85. The van der Waals surface area contributed by atoms with Crippen LogP contribution in [-0.4, -0.2) is 41.1 Å². The Morgan fingerprint density at radius 3 is 2.62 bits per heavy atom. The summed E-state index contributed by atoms with van der Waals surface area (Å²) in [6.07, 6.45) is 2.33. The van der Waals surface area contributed by atoms with Gasteiger partial charge in [0.25, 0.3) is 0 Å². The fourth-order valence-corrected chi connectivity index (χ4v) is 3.03. The minimum absolute atomic E-state index is 0.175. The first kappa shape index (κ1) is 17.3. The fraction of sp³-hybridized carbons (Fsp3) is 0.417. The van der Waals surface area contributed by atoms with Crippen LogP contribution >= 0.6 is 23.1 Å². The molecule has 0 fully saturated rings. The van der Waals surface area contributed by atoms with Gasteiger partial charge in [0.1, 0.15) is 10.9 Å². The van der Waals surface area contributed by atoms with E-state index in [0.717, 1.165) is 11.3 Å². The average molecular weight is 331 g/mol. The summed E-state index contributed by atoms with van der Waals surface area (Å²) < 4.78 is 0. The first-order valence-corrected chi connectivity index (χ1v) is 8.25. The summed E-state index contributed by atoms with van der Waals surface area (Å²) in [7, 11) is 0. The molecule has 9 heteroatoms. The molecule has 1 heterocycles. The summed E-state index contributed by atoms with van der Waals surface area (Å²) in [5.74, 6) is -0.768. The minimum Gasteiger partial charge on any atom is -0.477 e. The summed E-state index contributed by atoms with van der Waals surface area (Å²) in [6.45, 7) is 1.66. The van der Waals surface area contributed by atoms with Crippen molar-refractivity contribution < 1.29 is 19.5 Å². The van der Waals surface area contributed by atoms with Crippen molar-refractivity contribution in [3.05, 3.63) is 16.5 Å². The highest BCUT2D eigenvalue weighted by atomic mass is 32.2. The van der Waals surface area contributed by atoms with E-state index in [1.54, 1.807) is 24.8 Å². The van der Waals surface area contributed by atoms with Crippen LogP contribution in [-0.2, 0) is 4.79 Å².